The summed E-state index contributed by atoms with van der Waals surface area (Å²) in [5.41, 5.74) is 3.77. The number of carbonyl (C=O) groups excluding carboxylic acids is 2. The van der Waals surface area contributed by atoms with Gasteiger partial charge in [-0.15, -0.1) is 0 Å². The highest BCUT2D eigenvalue weighted by atomic mass is 19.1. The van der Waals surface area contributed by atoms with Crippen molar-refractivity contribution in [3.63, 3.8) is 0 Å². The van der Waals surface area contributed by atoms with Crippen LogP contribution < -0.4 is 0 Å². The Morgan fingerprint density at radius 3 is 2.38 bits per heavy atom. The Balaban J connectivity index is 1.60. The van der Waals surface area contributed by atoms with E-state index in [1.807, 2.05) is 24.1 Å². The molecule has 1 atom stereocenters. The van der Waals surface area contributed by atoms with Crippen molar-refractivity contribution in [1.82, 2.24) is 14.4 Å². The molecule has 5 nitrogen and oxygen atoms in total. The van der Waals surface area contributed by atoms with Crippen LogP contribution in [0.15, 0.2) is 66.9 Å². The van der Waals surface area contributed by atoms with Gasteiger partial charge in [-0.1, -0.05) is 45.0 Å². The average Bonchev–Trinajstić information content (AvgIpc) is 3.32. The van der Waals surface area contributed by atoms with Crippen LogP contribution in [-0.2, 0) is 11.3 Å². The molecule has 1 aliphatic heterocycles. The number of fused-ring (bicyclic) bond motifs is 1. The van der Waals surface area contributed by atoms with E-state index < -0.39 is 5.82 Å². The van der Waals surface area contributed by atoms with Crippen molar-refractivity contribution in [3.05, 3.63) is 95.1 Å². The highest BCUT2D eigenvalue weighted by molar-refractivity contribution is 5.96. The molecule has 0 saturated carbocycles. The van der Waals surface area contributed by atoms with Crippen LogP contribution >= 0.6 is 0 Å². The van der Waals surface area contributed by atoms with Gasteiger partial charge in [0.2, 0.25) is 5.91 Å². The Kier molecular flexibility index (Phi) is 7.15. The molecular formula is C28H32FN3O2. The molecule has 0 radical (unpaired) electrons. The molecule has 6 heteroatoms. The Morgan fingerprint density at radius 1 is 1.03 bits per heavy atom. The van der Waals surface area contributed by atoms with Crippen molar-refractivity contribution >= 4 is 11.8 Å². The zero-order chi connectivity index (χ0) is 24.2. The highest BCUT2D eigenvalue weighted by Gasteiger charge is 2.33. The monoisotopic (exact) mass is 461 g/mol. The van der Waals surface area contributed by atoms with Crippen LogP contribution in [0.25, 0.3) is 0 Å². The Bertz CT molecular complexity index is 1140. The number of rotatable bonds is 7. The fourth-order valence-corrected chi connectivity index (χ4v) is 4.62. The first-order valence-corrected chi connectivity index (χ1v) is 12.0. The lowest BCUT2D eigenvalue weighted by molar-refractivity contribution is -0.134. The van der Waals surface area contributed by atoms with Gasteiger partial charge in [0.05, 0.1) is 6.04 Å². The number of nitrogens with zero attached hydrogens (tertiary/aromatic N) is 3. The normalized spacial score (nSPS) is 15.3. The summed E-state index contributed by atoms with van der Waals surface area (Å²) >= 11 is 0. The van der Waals surface area contributed by atoms with Gasteiger partial charge in [0.1, 0.15) is 12.4 Å². The average molecular weight is 462 g/mol. The maximum Gasteiger partial charge on any atom is 0.254 e. The molecule has 1 unspecified atom stereocenters. The second-order valence-corrected chi connectivity index (χ2v) is 9.17. The van der Waals surface area contributed by atoms with Crippen LogP contribution in [0.1, 0.15) is 66.3 Å². The van der Waals surface area contributed by atoms with Crippen LogP contribution in [-0.4, -0.2) is 45.8 Å². The van der Waals surface area contributed by atoms with Crippen LogP contribution in [0.3, 0.4) is 0 Å². The van der Waals surface area contributed by atoms with Gasteiger partial charge in [-0.25, -0.2) is 4.39 Å². The Hall–Kier alpha value is -3.41. The van der Waals surface area contributed by atoms with Crippen molar-refractivity contribution in [3.8, 4) is 0 Å². The Morgan fingerprint density at radius 2 is 1.74 bits per heavy atom. The standard InChI is InChI=1S/C28H32FN3O2/c1-4-15-31(28(34)23-11-13-24(29)14-12-23)19-26(33)32-18-17-30-16-5-6-25(30)27(32)22-9-7-21(8-10-22)20(2)3/h5-14,16,20,27H,4,15,17-19H2,1-3H3. The summed E-state index contributed by atoms with van der Waals surface area (Å²) in [5.74, 6) is -0.304. The smallest absolute Gasteiger partial charge is 0.254 e. The predicted molar refractivity (Wildman–Crippen MR) is 131 cm³/mol. The topological polar surface area (TPSA) is 45.6 Å². The third kappa shape index (κ3) is 4.91. The number of amides is 2. The van der Waals surface area contributed by atoms with Crippen molar-refractivity contribution < 1.29 is 14.0 Å². The third-order valence-electron chi connectivity index (χ3n) is 6.48. The molecule has 0 N–H and O–H groups in total. The molecule has 0 fully saturated rings. The molecule has 178 valence electrons. The summed E-state index contributed by atoms with van der Waals surface area (Å²) in [5, 5.41) is 0. The minimum atomic E-state index is -0.391. The second-order valence-electron chi connectivity index (χ2n) is 9.17. The van der Waals surface area contributed by atoms with E-state index in [0.717, 1.165) is 17.7 Å². The molecule has 0 saturated heterocycles. The summed E-state index contributed by atoms with van der Waals surface area (Å²) in [4.78, 5) is 30.2. The van der Waals surface area contributed by atoms with Crippen LogP contribution in [0.5, 0.6) is 0 Å². The minimum Gasteiger partial charge on any atom is -0.348 e. The lowest BCUT2D eigenvalue weighted by atomic mass is 9.95. The van der Waals surface area contributed by atoms with E-state index in [2.05, 4.69) is 48.7 Å². The van der Waals surface area contributed by atoms with Gasteiger partial charge in [0.15, 0.2) is 0 Å². The summed E-state index contributed by atoms with van der Waals surface area (Å²) in [6.45, 7) is 8.04. The van der Waals surface area contributed by atoms with E-state index in [1.165, 1.54) is 29.8 Å². The lowest BCUT2D eigenvalue weighted by Crippen LogP contribution is -2.48. The molecule has 0 bridgehead atoms. The molecule has 3 aromatic rings. The maximum absolute atomic E-state index is 13.6. The van der Waals surface area contributed by atoms with Crippen LogP contribution in [0.4, 0.5) is 4.39 Å². The van der Waals surface area contributed by atoms with Gasteiger partial charge in [-0.05, 0) is 59.9 Å². The van der Waals surface area contributed by atoms with Crippen molar-refractivity contribution in [2.75, 3.05) is 19.6 Å². The summed E-state index contributed by atoms with van der Waals surface area (Å²) in [6, 6.07) is 17.8. The lowest BCUT2D eigenvalue weighted by Gasteiger charge is -2.38. The van der Waals surface area contributed by atoms with E-state index in [0.29, 0.717) is 31.1 Å². The zero-order valence-corrected chi connectivity index (χ0v) is 20.1. The van der Waals surface area contributed by atoms with Crippen LogP contribution in [0, 0.1) is 5.82 Å². The molecule has 0 aliphatic carbocycles. The fourth-order valence-electron chi connectivity index (χ4n) is 4.62. The van der Waals surface area contributed by atoms with Gasteiger partial charge in [-0.2, -0.15) is 0 Å². The number of hydrogen-bond donors (Lipinski definition) is 0. The number of carbonyl (C=O) groups is 2. The number of hydrogen-bond acceptors (Lipinski definition) is 2. The fraction of sp³-hybridized carbons (Fsp3) is 0.357. The molecule has 1 aliphatic rings. The SMILES string of the molecule is CCCN(CC(=O)N1CCn2cccc2C1c1ccc(C(C)C)cc1)C(=O)c1ccc(F)cc1. The highest BCUT2D eigenvalue weighted by Crippen LogP contribution is 2.33. The number of halogens is 1. The van der Waals surface area contributed by atoms with E-state index in [-0.39, 0.29) is 24.4 Å². The first-order chi connectivity index (χ1) is 16.4. The van der Waals surface area contributed by atoms with Gasteiger partial charge >= 0.3 is 0 Å². The molecule has 4 rings (SSSR count). The zero-order valence-electron chi connectivity index (χ0n) is 20.1. The van der Waals surface area contributed by atoms with E-state index in [9.17, 15) is 14.0 Å². The van der Waals surface area contributed by atoms with Gasteiger partial charge < -0.3 is 14.4 Å². The summed E-state index contributed by atoms with van der Waals surface area (Å²) < 4.78 is 15.5. The molecule has 0 spiro atoms. The summed E-state index contributed by atoms with van der Waals surface area (Å²) in [6.07, 6.45) is 2.78. The molecule has 34 heavy (non-hydrogen) atoms. The number of benzene rings is 2. The van der Waals surface area contributed by atoms with Gasteiger partial charge in [0, 0.05) is 37.1 Å². The van der Waals surface area contributed by atoms with Crippen molar-refractivity contribution in [1.29, 1.82) is 0 Å². The molecule has 2 amide bonds. The van der Waals surface area contributed by atoms with E-state index in [1.54, 1.807) is 4.90 Å². The molecule has 1 aromatic heterocycles. The van der Waals surface area contributed by atoms with Gasteiger partial charge in [0.25, 0.3) is 5.91 Å². The largest absolute Gasteiger partial charge is 0.348 e. The summed E-state index contributed by atoms with van der Waals surface area (Å²) in [7, 11) is 0. The van der Waals surface area contributed by atoms with Crippen molar-refractivity contribution in [2.45, 2.75) is 45.7 Å². The van der Waals surface area contributed by atoms with E-state index >= 15 is 0 Å². The predicted octanol–water partition coefficient (Wildman–Crippen LogP) is 5.23. The maximum atomic E-state index is 13.6. The van der Waals surface area contributed by atoms with Gasteiger partial charge in [-0.3, -0.25) is 9.59 Å². The first kappa shape index (κ1) is 23.7. The molecule has 2 heterocycles. The Labute approximate surface area is 200 Å². The minimum absolute atomic E-state index is 0.00860. The molecule has 2 aromatic carbocycles. The van der Waals surface area contributed by atoms with Crippen LogP contribution in [0.2, 0.25) is 0 Å². The molecular weight excluding hydrogens is 429 g/mol. The quantitative estimate of drug-likeness (QED) is 0.483. The third-order valence-corrected chi connectivity index (χ3v) is 6.48. The van der Waals surface area contributed by atoms with E-state index in [4.69, 9.17) is 0 Å². The van der Waals surface area contributed by atoms with Crippen molar-refractivity contribution in [2.24, 2.45) is 0 Å². The first-order valence-electron chi connectivity index (χ1n) is 12.0. The number of aromatic nitrogens is 1. The second kappa shape index (κ2) is 10.2.